The quantitative estimate of drug-likeness (QED) is 0.824. The Morgan fingerprint density at radius 1 is 1.30 bits per heavy atom. The smallest absolute Gasteiger partial charge is 0.309 e. The molecule has 2 aromatic heterocycles. The number of carbonyl (C=O) groups excluding carboxylic acids is 2. The number of hydrogen-bond donors (Lipinski definition) is 2. The van der Waals surface area contributed by atoms with Crippen LogP contribution >= 0.6 is 11.3 Å². The van der Waals surface area contributed by atoms with Gasteiger partial charge in [-0.3, -0.25) is 9.59 Å². The van der Waals surface area contributed by atoms with E-state index in [9.17, 15) is 9.59 Å². The predicted molar refractivity (Wildman–Crippen MR) is 76.2 cm³/mol. The van der Waals surface area contributed by atoms with Gasteiger partial charge in [-0.1, -0.05) is 6.07 Å². The SMILES string of the molecule is C[C@@H](Cc1ccco1)NC(=O)C(=O)NCc1cccs1. The fourth-order valence-electron chi connectivity index (χ4n) is 1.73. The van der Waals surface area contributed by atoms with E-state index in [0.717, 1.165) is 10.6 Å². The summed E-state index contributed by atoms with van der Waals surface area (Å²) < 4.78 is 5.19. The lowest BCUT2D eigenvalue weighted by Crippen LogP contribution is -2.44. The van der Waals surface area contributed by atoms with E-state index < -0.39 is 11.8 Å². The van der Waals surface area contributed by atoms with Gasteiger partial charge in [-0.2, -0.15) is 0 Å². The second kappa shape index (κ2) is 6.91. The Bertz CT molecular complexity index is 549. The number of nitrogens with one attached hydrogen (secondary N) is 2. The number of hydrogen-bond acceptors (Lipinski definition) is 4. The highest BCUT2D eigenvalue weighted by Crippen LogP contribution is 2.07. The highest BCUT2D eigenvalue weighted by atomic mass is 32.1. The molecule has 1 atom stereocenters. The topological polar surface area (TPSA) is 71.3 Å². The first kappa shape index (κ1) is 14.3. The lowest BCUT2D eigenvalue weighted by atomic mass is 10.2. The molecule has 2 aromatic rings. The fraction of sp³-hybridized carbons (Fsp3) is 0.286. The lowest BCUT2D eigenvalue weighted by Gasteiger charge is -2.12. The zero-order chi connectivity index (χ0) is 14.4. The minimum atomic E-state index is -0.624. The summed E-state index contributed by atoms with van der Waals surface area (Å²) in [6, 6.07) is 7.26. The molecule has 6 heteroatoms. The zero-order valence-corrected chi connectivity index (χ0v) is 11.9. The molecule has 0 spiro atoms. The molecule has 2 rings (SSSR count). The van der Waals surface area contributed by atoms with Crippen LogP contribution in [0.4, 0.5) is 0 Å². The lowest BCUT2D eigenvalue weighted by molar-refractivity contribution is -0.139. The van der Waals surface area contributed by atoms with E-state index in [1.165, 1.54) is 11.3 Å². The van der Waals surface area contributed by atoms with Crippen LogP contribution < -0.4 is 10.6 Å². The number of furan rings is 1. The standard InChI is InChI=1S/C14H16N2O3S/c1-10(8-11-4-2-6-19-11)16-14(18)13(17)15-9-12-5-3-7-20-12/h2-7,10H,8-9H2,1H3,(H,15,17)(H,16,18)/t10-/m0/s1. The van der Waals surface area contributed by atoms with Gasteiger partial charge in [0.2, 0.25) is 0 Å². The van der Waals surface area contributed by atoms with E-state index in [-0.39, 0.29) is 6.04 Å². The van der Waals surface area contributed by atoms with Crippen LogP contribution in [0.5, 0.6) is 0 Å². The van der Waals surface area contributed by atoms with Crippen LogP contribution in [0.15, 0.2) is 40.3 Å². The van der Waals surface area contributed by atoms with Crippen molar-refractivity contribution < 1.29 is 14.0 Å². The number of amides is 2. The molecule has 0 radical (unpaired) electrons. The van der Waals surface area contributed by atoms with E-state index in [2.05, 4.69) is 10.6 Å². The second-order valence-corrected chi connectivity index (χ2v) is 5.45. The molecule has 2 amide bonds. The predicted octanol–water partition coefficient (Wildman–Crippen LogP) is 1.70. The first-order valence-corrected chi connectivity index (χ1v) is 7.16. The average molecular weight is 292 g/mol. The van der Waals surface area contributed by atoms with E-state index >= 15 is 0 Å². The molecule has 0 fully saturated rings. The van der Waals surface area contributed by atoms with E-state index in [1.807, 2.05) is 30.5 Å². The van der Waals surface area contributed by atoms with Crippen LogP contribution in [0.2, 0.25) is 0 Å². The van der Waals surface area contributed by atoms with Crippen molar-refractivity contribution in [3.8, 4) is 0 Å². The molecule has 0 saturated heterocycles. The van der Waals surface area contributed by atoms with Gasteiger partial charge in [-0.05, 0) is 30.5 Å². The van der Waals surface area contributed by atoms with Gasteiger partial charge in [0.1, 0.15) is 5.76 Å². The Morgan fingerprint density at radius 2 is 2.15 bits per heavy atom. The van der Waals surface area contributed by atoms with Crippen LogP contribution in [0.3, 0.4) is 0 Å². The third kappa shape index (κ3) is 4.24. The van der Waals surface area contributed by atoms with Gasteiger partial charge in [0.05, 0.1) is 12.8 Å². The van der Waals surface area contributed by atoms with Crippen LogP contribution in [-0.4, -0.2) is 17.9 Å². The van der Waals surface area contributed by atoms with E-state index in [4.69, 9.17) is 4.42 Å². The first-order chi connectivity index (χ1) is 9.65. The largest absolute Gasteiger partial charge is 0.469 e. The summed E-state index contributed by atoms with van der Waals surface area (Å²) in [5, 5.41) is 7.15. The van der Waals surface area contributed by atoms with Gasteiger partial charge in [0, 0.05) is 17.3 Å². The molecule has 2 N–H and O–H groups in total. The average Bonchev–Trinajstić information content (AvgIpc) is 3.08. The maximum atomic E-state index is 11.7. The molecule has 0 saturated carbocycles. The first-order valence-electron chi connectivity index (χ1n) is 6.28. The molecule has 0 aliphatic carbocycles. The molecule has 0 bridgehead atoms. The molecule has 0 unspecified atom stereocenters. The fourth-order valence-corrected chi connectivity index (χ4v) is 2.38. The van der Waals surface area contributed by atoms with Gasteiger partial charge in [0.15, 0.2) is 0 Å². The van der Waals surface area contributed by atoms with Gasteiger partial charge in [-0.15, -0.1) is 11.3 Å². The summed E-state index contributed by atoms with van der Waals surface area (Å²) in [6.45, 7) is 2.20. The summed E-state index contributed by atoms with van der Waals surface area (Å²) >= 11 is 1.53. The van der Waals surface area contributed by atoms with Gasteiger partial charge in [0.25, 0.3) is 0 Å². The number of carbonyl (C=O) groups is 2. The molecule has 20 heavy (non-hydrogen) atoms. The molecular formula is C14H16N2O3S. The van der Waals surface area contributed by atoms with Crippen molar-refractivity contribution in [2.45, 2.75) is 25.9 Å². The number of rotatable bonds is 5. The molecule has 0 aliphatic heterocycles. The van der Waals surface area contributed by atoms with Gasteiger partial charge < -0.3 is 15.1 Å². The van der Waals surface area contributed by atoms with Gasteiger partial charge in [-0.25, -0.2) is 0 Å². The molecule has 0 aliphatic rings. The third-order valence-electron chi connectivity index (χ3n) is 2.67. The minimum absolute atomic E-state index is 0.166. The van der Waals surface area contributed by atoms with Crippen molar-refractivity contribution in [3.63, 3.8) is 0 Å². The van der Waals surface area contributed by atoms with Crippen molar-refractivity contribution in [1.29, 1.82) is 0 Å². The Morgan fingerprint density at radius 3 is 2.80 bits per heavy atom. The monoisotopic (exact) mass is 292 g/mol. The molecular weight excluding hydrogens is 276 g/mol. The highest BCUT2D eigenvalue weighted by molar-refractivity contribution is 7.09. The van der Waals surface area contributed by atoms with Crippen molar-refractivity contribution in [2.24, 2.45) is 0 Å². The normalized spacial score (nSPS) is 11.8. The van der Waals surface area contributed by atoms with Crippen LogP contribution in [0, 0.1) is 0 Å². The summed E-state index contributed by atoms with van der Waals surface area (Å²) in [5.74, 6) is -0.470. The van der Waals surface area contributed by atoms with Crippen LogP contribution in [0.25, 0.3) is 0 Å². The van der Waals surface area contributed by atoms with E-state index in [1.54, 1.807) is 12.3 Å². The molecule has 2 heterocycles. The Labute approximate surface area is 121 Å². The second-order valence-electron chi connectivity index (χ2n) is 4.42. The van der Waals surface area contributed by atoms with Gasteiger partial charge >= 0.3 is 11.8 Å². The molecule has 106 valence electrons. The highest BCUT2D eigenvalue weighted by Gasteiger charge is 2.16. The van der Waals surface area contributed by atoms with E-state index in [0.29, 0.717) is 13.0 Å². The number of thiophene rings is 1. The zero-order valence-electron chi connectivity index (χ0n) is 11.1. The van der Waals surface area contributed by atoms with Crippen molar-refractivity contribution in [2.75, 3.05) is 0 Å². The molecule has 0 aromatic carbocycles. The Kier molecular flexibility index (Phi) is 4.95. The van der Waals surface area contributed by atoms with Crippen molar-refractivity contribution in [1.82, 2.24) is 10.6 Å². The van der Waals surface area contributed by atoms with Crippen molar-refractivity contribution >= 4 is 23.2 Å². The summed E-state index contributed by atoms with van der Waals surface area (Å²) in [5.41, 5.74) is 0. The minimum Gasteiger partial charge on any atom is -0.469 e. The Hall–Kier alpha value is -2.08. The maximum Gasteiger partial charge on any atom is 0.309 e. The maximum absolute atomic E-state index is 11.7. The summed E-state index contributed by atoms with van der Waals surface area (Å²) in [6.07, 6.45) is 2.13. The Balaban J connectivity index is 1.74. The van der Waals surface area contributed by atoms with Crippen LogP contribution in [0.1, 0.15) is 17.6 Å². The summed E-state index contributed by atoms with van der Waals surface area (Å²) in [4.78, 5) is 24.3. The molecule has 5 nitrogen and oxygen atoms in total. The van der Waals surface area contributed by atoms with Crippen molar-refractivity contribution in [3.05, 3.63) is 46.5 Å². The van der Waals surface area contributed by atoms with Crippen LogP contribution in [-0.2, 0) is 22.6 Å². The summed E-state index contributed by atoms with van der Waals surface area (Å²) in [7, 11) is 0. The third-order valence-corrected chi connectivity index (χ3v) is 3.55.